The SMILES string of the molecule is N#Cc1ccc(-c2cc3n(c2)Cc2c(ccc(N4C[C@@H](CO)CC4=O)c2F)-n2ccnc2-3)cc1. The number of fused-ring (bicyclic) bond motifs is 5. The van der Waals surface area contributed by atoms with Gasteiger partial charge in [0.2, 0.25) is 5.91 Å². The molecular weight excluding hydrogens is 433 g/mol. The number of imidazole rings is 1. The number of halogens is 1. The van der Waals surface area contributed by atoms with Gasteiger partial charge in [0.1, 0.15) is 0 Å². The second kappa shape index (κ2) is 7.68. The maximum Gasteiger partial charge on any atom is 0.227 e. The summed E-state index contributed by atoms with van der Waals surface area (Å²) in [5, 5.41) is 18.5. The van der Waals surface area contributed by atoms with E-state index in [0.717, 1.165) is 16.8 Å². The van der Waals surface area contributed by atoms with Crippen molar-refractivity contribution in [2.75, 3.05) is 18.1 Å². The van der Waals surface area contributed by atoms with Gasteiger partial charge in [-0.05, 0) is 35.9 Å². The Morgan fingerprint density at radius 3 is 2.68 bits per heavy atom. The molecule has 1 amide bonds. The number of hydrogen-bond acceptors (Lipinski definition) is 4. The predicted molar refractivity (Wildman–Crippen MR) is 124 cm³/mol. The van der Waals surface area contributed by atoms with Crippen molar-refractivity contribution in [3.63, 3.8) is 0 Å². The van der Waals surface area contributed by atoms with Crippen LogP contribution >= 0.6 is 0 Å². The van der Waals surface area contributed by atoms with Gasteiger partial charge in [-0.2, -0.15) is 5.26 Å². The molecule has 1 N–H and O–H groups in total. The van der Waals surface area contributed by atoms with Gasteiger partial charge >= 0.3 is 0 Å². The molecule has 0 spiro atoms. The highest BCUT2D eigenvalue weighted by Crippen LogP contribution is 2.38. The summed E-state index contributed by atoms with van der Waals surface area (Å²) < 4.78 is 19.8. The molecular formula is C26H20FN5O2. The minimum atomic E-state index is -0.439. The lowest BCUT2D eigenvalue weighted by Crippen LogP contribution is -2.26. The predicted octanol–water partition coefficient (Wildman–Crippen LogP) is 3.73. The maximum atomic E-state index is 16.0. The summed E-state index contributed by atoms with van der Waals surface area (Å²) in [6.07, 6.45) is 5.67. The topological polar surface area (TPSA) is 87.1 Å². The molecule has 2 aromatic carbocycles. The molecule has 2 aliphatic heterocycles. The van der Waals surface area contributed by atoms with Crippen LogP contribution in [0.25, 0.3) is 28.3 Å². The molecule has 0 unspecified atom stereocenters. The highest BCUT2D eigenvalue weighted by atomic mass is 19.1. The lowest BCUT2D eigenvalue weighted by Gasteiger charge is -2.20. The van der Waals surface area contributed by atoms with E-state index in [0.29, 0.717) is 29.2 Å². The highest BCUT2D eigenvalue weighted by molar-refractivity contribution is 5.96. The largest absolute Gasteiger partial charge is 0.396 e. The fraction of sp³-hybridized carbons (Fsp3) is 0.192. The minimum Gasteiger partial charge on any atom is -0.396 e. The van der Waals surface area contributed by atoms with Crippen LogP contribution in [0.2, 0.25) is 0 Å². The van der Waals surface area contributed by atoms with Gasteiger partial charge in [0.25, 0.3) is 0 Å². The first-order chi connectivity index (χ1) is 16.6. The van der Waals surface area contributed by atoms with Crippen LogP contribution in [0.3, 0.4) is 0 Å². The Labute approximate surface area is 194 Å². The number of hydrogen-bond donors (Lipinski definition) is 1. The Bertz CT molecular complexity index is 1480. The number of aromatic nitrogens is 3. The molecule has 4 aromatic rings. The summed E-state index contributed by atoms with van der Waals surface area (Å²) in [6, 6.07) is 14.9. The number of nitrogens with zero attached hydrogens (tertiary/aromatic N) is 5. The molecule has 34 heavy (non-hydrogen) atoms. The quantitative estimate of drug-likeness (QED) is 0.451. The third-order valence-electron chi connectivity index (χ3n) is 6.65. The van der Waals surface area contributed by atoms with Crippen LogP contribution in [0.5, 0.6) is 0 Å². The van der Waals surface area contributed by atoms with E-state index in [2.05, 4.69) is 11.1 Å². The molecule has 1 atom stereocenters. The zero-order chi connectivity index (χ0) is 23.4. The van der Waals surface area contributed by atoms with E-state index in [-0.39, 0.29) is 37.1 Å². The molecule has 1 saturated heterocycles. The van der Waals surface area contributed by atoms with Crippen LogP contribution in [0.4, 0.5) is 10.1 Å². The molecule has 0 radical (unpaired) electrons. The van der Waals surface area contributed by atoms with Crippen LogP contribution in [-0.4, -0.2) is 38.3 Å². The number of carbonyl (C=O) groups excluding carboxylic acids is 1. The van der Waals surface area contributed by atoms with Crippen LogP contribution in [0.1, 0.15) is 17.5 Å². The molecule has 4 heterocycles. The van der Waals surface area contributed by atoms with E-state index in [4.69, 9.17) is 5.26 Å². The van der Waals surface area contributed by atoms with Crippen molar-refractivity contribution in [1.29, 1.82) is 5.26 Å². The summed E-state index contributed by atoms with van der Waals surface area (Å²) in [6.45, 7) is 0.479. The summed E-state index contributed by atoms with van der Waals surface area (Å²) in [7, 11) is 0. The van der Waals surface area contributed by atoms with Gasteiger partial charge in [-0.3, -0.25) is 9.36 Å². The third kappa shape index (κ3) is 3.05. The summed E-state index contributed by atoms with van der Waals surface area (Å²) in [5.41, 5.74) is 4.71. The molecule has 2 aliphatic rings. The molecule has 0 saturated carbocycles. The van der Waals surface area contributed by atoms with E-state index in [1.54, 1.807) is 30.6 Å². The van der Waals surface area contributed by atoms with E-state index in [9.17, 15) is 9.90 Å². The Morgan fingerprint density at radius 2 is 1.94 bits per heavy atom. The lowest BCUT2D eigenvalue weighted by molar-refractivity contribution is -0.117. The molecule has 1 fully saturated rings. The van der Waals surface area contributed by atoms with E-state index in [1.165, 1.54) is 4.90 Å². The van der Waals surface area contributed by atoms with E-state index in [1.807, 2.05) is 39.6 Å². The first-order valence-corrected chi connectivity index (χ1v) is 11.0. The first kappa shape index (κ1) is 20.4. The van der Waals surface area contributed by atoms with Gasteiger partial charge in [-0.25, -0.2) is 9.37 Å². The number of carbonyl (C=O) groups is 1. The summed E-state index contributed by atoms with van der Waals surface area (Å²) in [5.74, 6) is -0.106. The van der Waals surface area contributed by atoms with Crippen molar-refractivity contribution in [2.45, 2.75) is 13.0 Å². The number of aliphatic hydroxyl groups is 1. The molecule has 7 nitrogen and oxygen atoms in total. The van der Waals surface area contributed by atoms with Crippen LogP contribution < -0.4 is 4.90 Å². The van der Waals surface area contributed by atoms with Crippen LogP contribution in [-0.2, 0) is 11.3 Å². The zero-order valence-electron chi connectivity index (χ0n) is 18.1. The smallest absolute Gasteiger partial charge is 0.227 e. The van der Waals surface area contributed by atoms with Crippen molar-refractivity contribution in [2.24, 2.45) is 5.92 Å². The zero-order valence-corrected chi connectivity index (χ0v) is 18.1. The van der Waals surface area contributed by atoms with Gasteiger partial charge in [-0.15, -0.1) is 0 Å². The van der Waals surface area contributed by atoms with Gasteiger partial charge in [0.15, 0.2) is 11.6 Å². The van der Waals surface area contributed by atoms with Gasteiger partial charge in [-0.1, -0.05) is 12.1 Å². The van der Waals surface area contributed by atoms with Gasteiger partial charge in [0, 0.05) is 55.2 Å². The van der Waals surface area contributed by atoms with E-state index >= 15 is 4.39 Å². The Balaban J connectivity index is 1.47. The number of amides is 1. The fourth-order valence-corrected chi connectivity index (χ4v) is 4.90. The van der Waals surface area contributed by atoms with Crippen LogP contribution in [0, 0.1) is 23.1 Å². The Morgan fingerprint density at radius 1 is 1.15 bits per heavy atom. The van der Waals surface area contributed by atoms with Crippen molar-refractivity contribution < 1.29 is 14.3 Å². The fourth-order valence-electron chi connectivity index (χ4n) is 4.90. The van der Waals surface area contributed by atoms with Crippen molar-refractivity contribution in [3.8, 4) is 34.4 Å². The second-order valence-electron chi connectivity index (χ2n) is 8.71. The molecule has 0 aliphatic carbocycles. The molecule has 0 bridgehead atoms. The highest BCUT2D eigenvalue weighted by Gasteiger charge is 2.33. The number of nitriles is 1. The lowest BCUT2D eigenvalue weighted by atomic mass is 10.1. The van der Waals surface area contributed by atoms with Gasteiger partial charge in [0.05, 0.1) is 35.2 Å². The maximum absolute atomic E-state index is 16.0. The molecule has 6 rings (SSSR count). The van der Waals surface area contributed by atoms with E-state index < -0.39 is 5.82 Å². The number of rotatable bonds is 3. The number of aliphatic hydroxyl groups excluding tert-OH is 1. The average molecular weight is 453 g/mol. The molecule has 168 valence electrons. The minimum absolute atomic E-state index is 0.0992. The standard InChI is InChI=1S/C26H20FN5O2/c27-25-20-14-30-13-19(18-3-1-16(11-28)2-4-18)10-23(30)26-29-7-8-31(26)21(20)5-6-22(25)32-12-17(15-33)9-24(32)34/h1-8,10,13,17,33H,9,12,14-15H2/t17-/m0/s1. The van der Waals surface area contributed by atoms with Crippen molar-refractivity contribution in [3.05, 3.63) is 78.0 Å². The van der Waals surface area contributed by atoms with Crippen LogP contribution in [0.15, 0.2) is 61.1 Å². The Hall–Kier alpha value is -4.22. The van der Waals surface area contributed by atoms with Crippen molar-refractivity contribution in [1.82, 2.24) is 14.1 Å². The number of benzene rings is 2. The second-order valence-corrected chi connectivity index (χ2v) is 8.71. The average Bonchev–Trinajstić information content (AvgIpc) is 3.57. The normalized spacial score (nSPS) is 16.6. The summed E-state index contributed by atoms with van der Waals surface area (Å²) in [4.78, 5) is 18.5. The first-order valence-electron chi connectivity index (χ1n) is 11.0. The summed E-state index contributed by atoms with van der Waals surface area (Å²) >= 11 is 0. The molecule has 8 heteroatoms. The van der Waals surface area contributed by atoms with Gasteiger partial charge < -0.3 is 14.6 Å². The van der Waals surface area contributed by atoms with Crippen molar-refractivity contribution >= 4 is 11.6 Å². The third-order valence-corrected chi connectivity index (χ3v) is 6.65. The molecule has 2 aromatic heterocycles. The Kier molecular flexibility index (Phi) is 4.61. The monoisotopic (exact) mass is 453 g/mol. The number of anilines is 1.